The number of para-hydroxylation sites is 1. The highest BCUT2D eigenvalue weighted by molar-refractivity contribution is 7.78. The minimum atomic E-state index is -1.85. The van der Waals surface area contributed by atoms with Crippen LogP contribution in [0.25, 0.3) is 0 Å². The topological polar surface area (TPSA) is 46.5 Å². The molecule has 0 heterocycles. The monoisotopic (exact) mass is 262 g/mol. The molecule has 18 heavy (non-hydrogen) atoms. The van der Waals surface area contributed by atoms with Gasteiger partial charge in [0.25, 0.3) is 0 Å². The Balaban J connectivity index is 2.07. The summed E-state index contributed by atoms with van der Waals surface area (Å²) in [7, 11) is 0. The van der Waals surface area contributed by atoms with E-state index in [2.05, 4.69) is 0 Å². The first kappa shape index (κ1) is 12.8. The Morgan fingerprint density at radius 1 is 1.00 bits per heavy atom. The van der Waals surface area contributed by atoms with Crippen LogP contribution in [0.2, 0.25) is 0 Å². The van der Waals surface area contributed by atoms with E-state index in [1.165, 1.54) is 0 Å². The van der Waals surface area contributed by atoms with Crippen molar-refractivity contribution in [3.05, 3.63) is 65.7 Å². The fourth-order valence-electron chi connectivity index (χ4n) is 1.63. The minimum Gasteiger partial charge on any atom is -0.489 e. The molecule has 0 saturated carbocycles. The molecule has 0 spiro atoms. The van der Waals surface area contributed by atoms with Crippen LogP contribution >= 0.6 is 0 Å². The van der Waals surface area contributed by atoms with Gasteiger partial charge < -0.3 is 9.29 Å². The van der Waals surface area contributed by atoms with E-state index < -0.39 is 11.1 Å². The van der Waals surface area contributed by atoms with Crippen LogP contribution in [0.5, 0.6) is 5.75 Å². The van der Waals surface area contributed by atoms with Crippen LogP contribution in [0.4, 0.5) is 0 Å². The Labute approximate surface area is 109 Å². The molecule has 0 saturated heterocycles. The zero-order chi connectivity index (χ0) is 12.8. The van der Waals surface area contributed by atoms with Crippen molar-refractivity contribution in [3.8, 4) is 5.75 Å². The highest BCUT2D eigenvalue weighted by atomic mass is 32.2. The van der Waals surface area contributed by atoms with E-state index in [1.54, 1.807) is 6.07 Å². The van der Waals surface area contributed by atoms with Gasteiger partial charge in [-0.3, -0.25) is 0 Å². The Kier molecular flexibility index (Phi) is 4.50. The van der Waals surface area contributed by atoms with Gasteiger partial charge in [-0.1, -0.05) is 48.5 Å². The average molecular weight is 262 g/mol. The van der Waals surface area contributed by atoms with Gasteiger partial charge in [0.2, 0.25) is 0 Å². The van der Waals surface area contributed by atoms with Gasteiger partial charge in [0.15, 0.2) is 11.1 Å². The second-order valence-corrected chi connectivity index (χ2v) is 4.78. The average Bonchev–Trinajstić information content (AvgIpc) is 2.38. The standard InChI is InChI=1S/C14H14O3S/c15-18(16)11-13-8-4-5-9-14(13)17-10-12-6-2-1-3-7-12/h1-9H,10-11H2,(H,15,16). The first-order valence-corrected chi connectivity index (χ1v) is 6.85. The number of rotatable bonds is 5. The fourth-order valence-corrected chi connectivity index (χ4v) is 2.14. The number of hydrogen-bond acceptors (Lipinski definition) is 2. The summed E-state index contributed by atoms with van der Waals surface area (Å²) in [5, 5.41) is 0. The lowest BCUT2D eigenvalue weighted by atomic mass is 10.2. The summed E-state index contributed by atoms with van der Waals surface area (Å²) in [6.45, 7) is 0.454. The molecule has 1 atom stereocenters. The van der Waals surface area contributed by atoms with E-state index in [1.807, 2.05) is 48.5 Å². The van der Waals surface area contributed by atoms with Gasteiger partial charge in [0.05, 0.1) is 5.75 Å². The van der Waals surface area contributed by atoms with Crippen molar-refractivity contribution >= 4 is 11.1 Å². The summed E-state index contributed by atoms with van der Waals surface area (Å²) in [5.74, 6) is 0.745. The number of benzene rings is 2. The molecular formula is C14H14O3S. The normalized spacial score (nSPS) is 12.1. The van der Waals surface area contributed by atoms with Gasteiger partial charge in [-0.2, -0.15) is 0 Å². The molecule has 0 bridgehead atoms. The summed E-state index contributed by atoms with van der Waals surface area (Å²) in [4.78, 5) is 0. The lowest BCUT2D eigenvalue weighted by Crippen LogP contribution is -2.00. The summed E-state index contributed by atoms with van der Waals surface area (Å²) in [6, 6.07) is 17.1. The van der Waals surface area contributed by atoms with Crippen molar-refractivity contribution in [3.63, 3.8) is 0 Å². The molecule has 0 radical (unpaired) electrons. The zero-order valence-corrected chi connectivity index (χ0v) is 10.6. The maximum Gasteiger partial charge on any atom is 0.157 e. The summed E-state index contributed by atoms with van der Waals surface area (Å²) < 4.78 is 25.5. The molecule has 2 aromatic rings. The van der Waals surface area contributed by atoms with Crippen LogP contribution in [-0.4, -0.2) is 8.76 Å². The molecule has 0 amide bonds. The summed E-state index contributed by atoms with van der Waals surface area (Å²) in [6.07, 6.45) is 0. The van der Waals surface area contributed by atoms with Crippen LogP contribution in [0, 0.1) is 0 Å². The third kappa shape index (κ3) is 3.68. The van der Waals surface area contributed by atoms with Crippen LogP contribution < -0.4 is 4.74 Å². The second kappa shape index (κ2) is 6.33. The third-order valence-electron chi connectivity index (χ3n) is 2.49. The van der Waals surface area contributed by atoms with Gasteiger partial charge in [-0.05, 0) is 11.6 Å². The van der Waals surface area contributed by atoms with Gasteiger partial charge in [0, 0.05) is 5.56 Å². The predicted octanol–water partition coefficient (Wildman–Crippen LogP) is 2.99. The Morgan fingerprint density at radius 3 is 2.39 bits per heavy atom. The van der Waals surface area contributed by atoms with Crippen LogP contribution in [0.1, 0.15) is 11.1 Å². The Hall–Kier alpha value is -1.65. The lowest BCUT2D eigenvalue weighted by Gasteiger charge is -2.10. The highest BCUT2D eigenvalue weighted by Gasteiger charge is 2.05. The van der Waals surface area contributed by atoms with Gasteiger partial charge in [-0.15, -0.1) is 0 Å². The molecule has 1 N–H and O–H groups in total. The first-order chi connectivity index (χ1) is 8.75. The molecule has 1 unspecified atom stereocenters. The fraction of sp³-hybridized carbons (Fsp3) is 0.143. The maximum atomic E-state index is 10.9. The van der Waals surface area contributed by atoms with Crippen LogP contribution in [0.3, 0.4) is 0 Å². The molecule has 0 fully saturated rings. The lowest BCUT2D eigenvalue weighted by molar-refractivity contribution is 0.303. The third-order valence-corrected chi connectivity index (χ3v) is 3.05. The largest absolute Gasteiger partial charge is 0.489 e. The van der Waals surface area contributed by atoms with E-state index in [4.69, 9.17) is 9.29 Å². The SMILES string of the molecule is O=S(O)Cc1ccccc1OCc1ccccc1. The van der Waals surface area contributed by atoms with E-state index in [9.17, 15) is 4.21 Å². The molecule has 94 valence electrons. The zero-order valence-electron chi connectivity index (χ0n) is 9.78. The van der Waals surface area contributed by atoms with Crippen molar-refractivity contribution in [1.82, 2.24) is 0 Å². The van der Waals surface area contributed by atoms with Crippen LogP contribution in [-0.2, 0) is 23.4 Å². The van der Waals surface area contributed by atoms with Crippen molar-refractivity contribution in [2.24, 2.45) is 0 Å². The molecule has 2 rings (SSSR count). The van der Waals surface area contributed by atoms with Gasteiger partial charge >= 0.3 is 0 Å². The first-order valence-electron chi connectivity index (χ1n) is 5.58. The van der Waals surface area contributed by atoms with E-state index >= 15 is 0 Å². The van der Waals surface area contributed by atoms with Crippen molar-refractivity contribution < 1.29 is 13.5 Å². The molecule has 0 aliphatic rings. The Bertz CT molecular complexity index is 526. The van der Waals surface area contributed by atoms with E-state index in [0.717, 1.165) is 11.1 Å². The molecule has 3 nitrogen and oxygen atoms in total. The van der Waals surface area contributed by atoms with Gasteiger partial charge in [-0.25, -0.2) is 4.21 Å². The van der Waals surface area contributed by atoms with E-state index in [-0.39, 0.29) is 5.75 Å². The molecular weight excluding hydrogens is 248 g/mol. The quantitative estimate of drug-likeness (QED) is 0.843. The van der Waals surface area contributed by atoms with Crippen molar-refractivity contribution in [2.45, 2.75) is 12.4 Å². The maximum absolute atomic E-state index is 10.9. The number of hydrogen-bond donors (Lipinski definition) is 1. The van der Waals surface area contributed by atoms with Gasteiger partial charge in [0.1, 0.15) is 12.4 Å². The smallest absolute Gasteiger partial charge is 0.157 e. The molecule has 0 aliphatic carbocycles. The van der Waals surface area contributed by atoms with Crippen LogP contribution in [0.15, 0.2) is 54.6 Å². The summed E-state index contributed by atoms with van der Waals surface area (Å²) >= 11 is -1.85. The Morgan fingerprint density at radius 2 is 1.67 bits per heavy atom. The molecule has 2 aromatic carbocycles. The van der Waals surface area contributed by atoms with Crippen molar-refractivity contribution in [2.75, 3.05) is 0 Å². The van der Waals surface area contributed by atoms with Crippen molar-refractivity contribution in [1.29, 1.82) is 0 Å². The summed E-state index contributed by atoms with van der Waals surface area (Å²) in [5.41, 5.74) is 1.81. The second-order valence-electron chi connectivity index (χ2n) is 3.85. The predicted molar refractivity (Wildman–Crippen MR) is 71.7 cm³/mol. The molecule has 0 aliphatic heterocycles. The molecule has 0 aromatic heterocycles. The van der Waals surface area contributed by atoms with E-state index in [0.29, 0.717) is 12.4 Å². The number of ether oxygens (including phenoxy) is 1. The molecule has 4 heteroatoms. The minimum absolute atomic E-state index is 0.0883. The highest BCUT2D eigenvalue weighted by Crippen LogP contribution is 2.20.